The van der Waals surface area contributed by atoms with Crippen molar-refractivity contribution in [3.63, 3.8) is 0 Å². The highest BCUT2D eigenvalue weighted by atomic mass is 19.1. The SMILES string of the molecule is CN=C(NCCc1c[nH]c2cc(F)ccc12)NCc1ccc(C(=O)OC)cc1. The van der Waals surface area contributed by atoms with Gasteiger partial charge in [-0.15, -0.1) is 0 Å². The molecule has 0 aliphatic heterocycles. The molecule has 28 heavy (non-hydrogen) atoms. The third-order valence-electron chi connectivity index (χ3n) is 4.47. The molecule has 6 nitrogen and oxygen atoms in total. The molecule has 2 aromatic carbocycles. The number of rotatable bonds is 6. The van der Waals surface area contributed by atoms with E-state index in [1.54, 1.807) is 25.2 Å². The van der Waals surface area contributed by atoms with Crippen LogP contribution in [-0.4, -0.2) is 37.6 Å². The predicted octanol–water partition coefficient (Wildman–Crippen LogP) is 3.00. The number of hydrogen-bond acceptors (Lipinski definition) is 3. The molecule has 1 heterocycles. The number of esters is 1. The molecule has 0 spiro atoms. The molecule has 146 valence electrons. The van der Waals surface area contributed by atoms with E-state index in [0.717, 1.165) is 28.5 Å². The number of nitrogens with zero attached hydrogens (tertiary/aromatic N) is 1. The lowest BCUT2D eigenvalue weighted by Gasteiger charge is -2.12. The number of ether oxygens (including phenoxy) is 1. The number of hydrogen-bond donors (Lipinski definition) is 3. The van der Waals surface area contributed by atoms with E-state index in [-0.39, 0.29) is 11.8 Å². The van der Waals surface area contributed by atoms with Crippen molar-refractivity contribution in [3.8, 4) is 0 Å². The molecule has 0 unspecified atom stereocenters. The lowest BCUT2D eigenvalue weighted by atomic mass is 10.1. The maximum Gasteiger partial charge on any atom is 0.337 e. The summed E-state index contributed by atoms with van der Waals surface area (Å²) in [6, 6.07) is 12.0. The topological polar surface area (TPSA) is 78.5 Å². The summed E-state index contributed by atoms with van der Waals surface area (Å²) in [6.07, 6.45) is 2.69. The third-order valence-corrected chi connectivity index (χ3v) is 4.47. The summed E-state index contributed by atoms with van der Waals surface area (Å²) in [6.45, 7) is 1.26. The molecule has 0 saturated carbocycles. The third kappa shape index (κ3) is 4.68. The van der Waals surface area contributed by atoms with Gasteiger partial charge in [0, 0.05) is 37.2 Å². The van der Waals surface area contributed by atoms with Gasteiger partial charge in [-0.2, -0.15) is 0 Å². The van der Waals surface area contributed by atoms with Gasteiger partial charge in [-0.3, -0.25) is 4.99 Å². The van der Waals surface area contributed by atoms with Gasteiger partial charge in [-0.25, -0.2) is 9.18 Å². The standard InChI is InChI=1S/C21H23FN4O2/c1-23-21(26-12-14-3-5-15(6-4-14)20(27)28-2)24-10-9-16-13-25-19-11-17(22)7-8-18(16)19/h3-8,11,13,25H,9-10,12H2,1-2H3,(H2,23,24,26). The molecule has 0 amide bonds. The average molecular weight is 382 g/mol. The fourth-order valence-corrected chi connectivity index (χ4v) is 2.96. The van der Waals surface area contributed by atoms with Crippen LogP contribution < -0.4 is 10.6 Å². The predicted molar refractivity (Wildman–Crippen MR) is 108 cm³/mol. The van der Waals surface area contributed by atoms with Gasteiger partial charge in [0.1, 0.15) is 5.82 Å². The van der Waals surface area contributed by atoms with E-state index in [1.165, 1.54) is 19.2 Å². The van der Waals surface area contributed by atoms with Crippen LogP contribution in [0.1, 0.15) is 21.5 Å². The lowest BCUT2D eigenvalue weighted by Crippen LogP contribution is -2.37. The molecular weight excluding hydrogens is 359 g/mol. The lowest BCUT2D eigenvalue weighted by molar-refractivity contribution is 0.0600. The summed E-state index contributed by atoms with van der Waals surface area (Å²) in [4.78, 5) is 18.8. The molecule has 0 fully saturated rings. The summed E-state index contributed by atoms with van der Waals surface area (Å²) in [5, 5.41) is 7.53. The van der Waals surface area contributed by atoms with Crippen LogP contribution in [0, 0.1) is 5.82 Å². The summed E-state index contributed by atoms with van der Waals surface area (Å²) in [5.41, 5.74) is 3.46. The number of H-pyrrole nitrogens is 1. The second kappa shape index (κ2) is 9.03. The van der Waals surface area contributed by atoms with E-state index >= 15 is 0 Å². The monoisotopic (exact) mass is 382 g/mol. The van der Waals surface area contributed by atoms with Gasteiger partial charge < -0.3 is 20.4 Å². The molecule has 0 bridgehead atoms. The van der Waals surface area contributed by atoms with Crippen LogP contribution in [0.5, 0.6) is 0 Å². The van der Waals surface area contributed by atoms with Gasteiger partial charge in [0.15, 0.2) is 5.96 Å². The molecule has 0 aliphatic carbocycles. The van der Waals surface area contributed by atoms with E-state index in [2.05, 4.69) is 20.6 Å². The Kier molecular flexibility index (Phi) is 6.26. The normalized spacial score (nSPS) is 11.5. The average Bonchev–Trinajstić information content (AvgIpc) is 3.12. The number of methoxy groups -OCH3 is 1. The number of halogens is 1. The van der Waals surface area contributed by atoms with Crippen LogP contribution in [0.25, 0.3) is 10.9 Å². The maximum atomic E-state index is 13.3. The van der Waals surface area contributed by atoms with Crippen molar-refractivity contribution in [2.45, 2.75) is 13.0 Å². The van der Waals surface area contributed by atoms with Gasteiger partial charge >= 0.3 is 5.97 Å². The number of guanidine groups is 1. The fraction of sp³-hybridized carbons (Fsp3) is 0.238. The Bertz CT molecular complexity index is 980. The van der Waals surface area contributed by atoms with Crippen LogP contribution in [0.2, 0.25) is 0 Å². The second-order valence-corrected chi connectivity index (χ2v) is 6.29. The smallest absolute Gasteiger partial charge is 0.337 e. The minimum atomic E-state index is -0.350. The summed E-state index contributed by atoms with van der Waals surface area (Å²) < 4.78 is 18.0. The van der Waals surface area contributed by atoms with Gasteiger partial charge in [0.05, 0.1) is 12.7 Å². The zero-order valence-corrected chi connectivity index (χ0v) is 15.9. The molecule has 0 aliphatic rings. The Hall–Kier alpha value is -3.35. The molecule has 0 saturated heterocycles. The molecule has 3 N–H and O–H groups in total. The van der Waals surface area contributed by atoms with Gasteiger partial charge in [-0.1, -0.05) is 12.1 Å². The largest absolute Gasteiger partial charge is 0.465 e. The van der Waals surface area contributed by atoms with Gasteiger partial charge in [0.25, 0.3) is 0 Å². The highest BCUT2D eigenvalue weighted by Crippen LogP contribution is 2.19. The zero-order valence-electron chi connectivity index (χ0n) is 15.9. The first-order valence-corrected chi connectivity index (χ1v) is 8.98. The van der Waals surface area contributed by atoms with Crippen LogP contribution in [0.15, 0.2) is 53.7 Å². The summed E-state index contributed by atoms with van der Waals surface area (Å²) >= 11 is 0. The van der Waals surface area contributed by atoms with E-state index in [9.17, 15) is 9.18 Å². The zero-order chi connectivity index (χ0) is 19.9. The number of nitrogens with one attached hydrogen (secondary N) is 3. The second-order valence-electron chi connectivity index (χ2n) is 6.29. The van der Waals surface area contributed by atoms with Crippen molar-refractivity contribution < 1.29 is 13.9 Å². The minimum absolute atomic E-state index is 0.247. The first-order valence-electron chi connectivity index (χ1n) is 8.98. The quantitative estimate of drug-likeness (QED) is 0.348. The maximum absolute atomic E-state index is 13.3. The number of aromatic amines is 1. The van der Waals surface area contributed by atoms with E-state index < -0.39 is 0 Å². The fourth-order valence-electron chi connectivity index (χ4n) is 2.96. The highest BCUT2D eigenvalue weighted by Gasteiger charge is 2.06. The Morgan fingerprint density at radius 2 is 1.96 bits per heavy atom. The molecule has 3 aromatic rings. The Morgan fingerprint density at radius 1 is 1.18 bits per heavy atom. The van der Waals surface area contributed by atoms with Gasteiger partial charge in [0.2, 0.25) is 0 Å². The number of fused-ring (bicyclic) bond motifs is 1. The van der Waals surface area contributed by atoms with Crippen molar-refractivity contribution >= 4 is 22.8 Å². The molecule has 0 radical (unpaired) electrons. The van der Waals surface area contributed by atoms with Crippen LogP contribution >= 0.6 is 0 Å². The number of aromatic nitrogens is 1. The number of carbonyl (C=O) groups excluding carboxylic acids is 1. The highest BCUT2D eigenvalue weighted by molar-refractivity contribution is 5.89. The van der Waals surface area contributed by atoms with Crippen molar-refractivity contribution in [2.75, 3.05) is 20.7 Å². The number of carbonyl (C=O) groups is 1. The first kappa shape index (κ1) is 19.4. The number of aliphatic imine (C=N–C) groups is 1. The Labute approximate surface area is 162 Å². The van der Waals surface area contributed by atoms with Crippen LogP contribution in [0.4, 0.5) is 4.39 Å². The minimum Gasteiger partial charge on any atom is -0.465 e. The number of benzene rings is 2. The van der Waals surface area contributed by atoms with Gasteiger partial charge in [-0.05, 0) is 47.9 Å². The molecular formula is C21H23FN4O2. The van der Waals surface area contributed by atoms with Crippen LogP contribution in [-0.2, 0) is 17.7 Å². The Morgan fingerprint density at radius 3 is 2.68 bits per heavy atom. The van der Waals surface area contributed by atoms with Crippen molar-refractivity contribution in [1.82, 2.24) is 15.6 Å². The molecule has 7 heteroatoms. The first-order chi connectivity index (χ1) is 13.6. The van der Waals surface area contributed by atoms with Crippen LogP contribution in [0.3, 0.4) is 0 Å². The van der Waals surface area contributed by atoms with E-state index in [0.29, 0.717) is 24.6 Å². The molecule has 0 atom stereocenters. The van der Waals surface area contributed by atoms with Crippen molar-refractivity contribution in [3.05, 3.63) is 71.2 Å². The summed E-state index contributed by atoms with van der Waals surface area (Å²) in [5.74, 6) is 0.0863. The summed E-state index contributed by atoms with van der Waals surface area (Å²) in [7, 11) is 3.08. The van der Waals surface area contributed by atoms with Crippen molar-refractivity contribution in [2.24, 2.45) is 4.99 Å². The molecule has 1 aromatic heterocycles. The molecule has 3 rings (SSSR count). The van der Waals surface area contributed by atoms with E-state index in [4.69, 9.17) is 4.74 Å². The Balaban J connectivity index is 1.50. The van der Waals surface area contributed by atoms with Crippen molar-refractivity contribution in [1.29, 1.82) is 0 Å². The van der Waals surface area contributed by atoms with E-state index in [1.807, 2.05) is 18.3 Å².